The highest BCUT2D eigenvalue weighted by molar-refractivity contribution is 7.99. The predicted octanol–water partition coefficient (Wildman–Crippen LogP) is 3.69. The Morgan fingerprint density at radius 2 is 1.81 bits per heavy atom. The Labute approximate surface area is 185 Å². The third-order valence-electron chi connectivity index (χ3n) is 4.41. The topological polar surface area (TPSA) is 99.0 Å². The third-order valence-corrected chi connectivity index (χ3v) is 5.36. The minimum Gasteiger partial charge on any atom is -0.497 e. The smallest absolute Gasteiger partial charge is 0.224 e. The molecule has 0 fully saturated rings. The summed E-state index contributed by atoms with van der Waals surface area (Å²) in [5, 5.41) is 15.2. The molecule has 9 heteroatoms. The Kier molecular flexibility index (Phi) is 7.77. The lowest BCUT2D eigenvalue weighted by molar-refractivity contribution is -0.116. The second-order valence-electron chi connectivity index (χ2n) is 7.40. The molecular weight excluding hydrogens is 414 g/mol. The van der Waals surface area contributed by atoms with Crippen LogP contribution in [-0.4, -0.2) is 44.8 Å². The molecule has 3 aromatic rings. The first-order chi connectivity index (χ1) is 14.9. The summed E-state index contributed by atoms with van der Waals surface area (Å²) in [4.78, 5) is 24.4. The maximum atomic E-state index is 12.6. The van der Waals surface area contributed by atoms with Gasteiger partial charge in [-0.25, -0.2) is 4.68 Å². The molecule has 2 aromatic carbocycles. The van der Waals surface area contributed by atoms with Gasteiger partial charge in [0.1, 0.15) is 5.75 Å². The quantitative estimate of drug-likeness (QED) is 0.380. The maximum Gasteiger partial charge on any atom is 0.224 e. The molecule has 0 aliphatic rings. The van der Waals surface area contributed by atoms with Gasteiger partial charge in [-0.05, 0) is 58.3 Å². The van der Waals surface area contributed by atoms with Crippen LogP contribution >= 0.6 is 11.8 Å². The number of carbonyl (C=O) groups is 2. The van der Waals surface area contributed by atoms with E-state index in [1.165, 1.54) is 11.8 Å². The maximum absolute atomic E-state index is 12.6. The van der Waals surface area contributed by atoms with E-state index in [0.29, 0.717) is 35.3 Å². The summed E-state index contributed by atoms with van der Waals surface area (Å²) in [6.45, 7) is 4.48. The van der Waals surface area contributed by atoms with Crippen LogP contribution < -0.4 is 10.1 Å². The van der Waals surface area contributed by atoms with E-state index >= 15 is 0 Å². The van der Waals surface area contributed by atoms with E-state index in [1.54, 1.807) is 36.1 Å². The van der Waals surface area contributed by atoms with Gasteiger partial charge in [-0.2, -0.15) is 0 Å². The molecule has 8 nitrogen and oxygen atoms in total. The SMILES string of the molecule is COc1ccc(Cn2nnnc2SCC(=O)c2ccc(NC(=O)CC(C)C)cc2)cc1. The monoisotopic (exact) mass is 439 g/mol. The summed E-state index contributed by atoms with van der Waals surface area (Å²) in [5.41, 5.74) is 2.28. The number of nitrogens with zero attached hydrogens (tertiary/aromatic N) is 4. The molecule has 1 N–H and O–H groups in total. The fourth-order valence-electron chi connectivity index (χ4n) is 2.84. The van der Waals surface area contributed by atoms with Crippen molar-refractivity contribution in [3.8, 4) is 5.75 Å². The number of tetrazole rings is 1. The van der Waals surface area contributed by atoms with Crippen LogP contribution in [0.25, 0.3) is 0 Å². The van der Waals surface area contributed by atoms with Crippen LogP contribution in [0.15, 0.2) is 53.7 Å². The van der Waals surface area contributed by atoms with Crippen molar-refractivity contribution in [1.82, 2.24) is 20.2 Å². The van der Waals surface area contributed by atoms with E-state index in [4.69, 9.17) is 4.74 Å². The van der Waals surface area contributed by atoms with Gasteiger partial charge in [0.2, 0.25) is 11.1 Å². The van der Waals surface area contributed by atoms with E-state index < -0.39 is 0 Å². The molecule has 1 aromatic heterocycles. The van der Waals surface area contributed by atoms with E-state index in [1.807, 2.05) is 38.1 Å². The Bertz CT molecular complexity index is 1020. The van der Waals surface area contributed by atoms with E-state index in [0.717, 1.165) is 11.3 Å². The number of nitrogens with one attached hydrogen (secondary N) is 1. The molecular formula is C22H25N5O3S. The highest BCUT2D eigenvalue weighted by Crippen LogP contribution is 2.19. The van der Waals surface area contributed by atoms with Gasteiger partial charge < -0.3 is 10.1 Å². The van der Waals surface area contributed by atoms with E-state index in [9.17, 15) is 9.59 Å². The Balaban J connectivity index is 1.55. The zero-order valence-electron chi connectivity index (χ0n) is 17.7. The number of ketones is 1. The van der Waals surface area contributed by atoms with E-state index in [2.05, 4.69) is 20.8 Å². The molecule has 0 saturated carbocycles. The Hall–Kier alpha value is -3.20. The molecule has 0 saturated heterocycles. The molecule has 0 atom stereocenters. The van der Waals surface area contributed by atoms with Crippen LogP contribution in [0, 0.1) is 5.92 Å². The minimum absolute atomic E-state index is 0.0340. The van der Waals surface area contributed by atoms with Crippen LogP contribution in [-0.2, 0) is 11.3 Å². The summed E-state index contributed by atoms with van der Waals surface area (Å²) in [6.07, 6.45) is 0.461. The molecule has 0 spiro atoms. The zero-order valence-corrected chi connectivity index (χ0v) is 18.6. The van der Waals surface area contributed by atoms with Crippen LogP contribution in [0.3, 0.4) is 0 Å². The van der Waals surface area contributed by atoms with Crippen molar-refractivity contribution in [2.45, 2.75) is 32.0 Å². The fourth-order valence-corrected chi connectivity index (χ4v) is 3.61. The molecule has 162 valence electrons. The second-order valence-corrected chi connectivity index (χ2v) is 8.35. The normalized spacial score (nSPS) is 10.8. The van der Waals surface area contributed by atoms with Gasteiger partial charge in [0.25, 0.3) is 0 Å². The number of amides is 1. The fraction of sp³-hybridized carbons (Fsp3) is 0.318. The lowest BCUT2D eigenvalue weighted by atomic mass is 10.1. The zero-order chi connectivity index (χ0) is 22.2. The third kappa shape index (κ3) is 6.65. The average Bonchev–Trinajstić information content (AvgIpc) is 3.19. The number of aromatic nitrogens is 4. The molecule has 0 unspecified atom stereocenters. The van der Waals surface area contributed by atoms with E-state index in [-0.39, 0.29) is 17.4 Å². The van der Waals surface area contributed by atoms with Crippen molar-refractivity contribution in [3.05, 3.63) is 59.7 Å². The second kappa shape index (κ2) is 10.7. The van der Waals surface area contributed by atoms with Crippen LogP contribution in [0.5, 0.6) is 5.75 Å². The molecule has 3 rings (SSSR count). The lowest BCUT2D eigenvalue weighted by Crippen LogP contribution is -2.14. The Morgan fingerprint density at radius 1 is 1.10 bits per heavy atom. The number of rotatable bonds is 10. The van der Waals surface area contributed by atoms with Crippen LogP contribution in [0.2, 0.25) is 0 Å². The summed E-state index contributed by atoms with van der Waals surface area (Å²) in [6, 6.07) is 14.6. The first-order valence-corrected chi connectivity index (χ1v) is 10.9. The van der Waals surface area contributed by atoms with Gasteiger partial charge >= 0.3 is 0 Å². The van der Waals surface area contributed by atoms with Gasteiger partial charge in [-0.1, -0.05) is 37.7 Å². The molecule has 1 heterocycles. The summed E-state index contributed by atoms with van der Waals surface area (Å²) in [5.74, 6) is 1.21. The summed E-state index contributed by atoms with van der Waals surface area (Å²) >= 11 is 1.29. The molecule has 0 radical (unpaired) electrons. The number of Topliss-reactive ketones (excluding diaryl/α,β-unsaturated/α-hetero) is 1. The van der Waals surface area contributed by atoms with Gasteiger partial charge in [0, 0.05) is 17.7 Å². The molecule has 0 aliphatic carbocycles. The molecule has 1 amide bonds. The largest absolute Gasteiger partial charge is 0.497 e. The summed E-state index contributed by atoms with van der Waals surface area (Å²) < 4.78 is 6.83. The van der Waals surface area contributed by atoms with Crippen molar-refractivity contribution in [1.29, 1.82) is 0 Å². The van der Waals surface area contributed by atoms with Crippen molar-refractivity contribution in [2.75, 3.05) is 18.2 Å². The van der Waals surface area contributed by atoms with Gasteiger partial charge in [-0.3, -0.25) is 9.59 Å². The van der Waals surface area contributed by atoms with Crippen LogP contribution in [0.4, 0.5) is 5.69 Å². The number of hydrogen-bond donors (Lipinski definition) is 1. The first-order valence-electron chi connectivity index (χ1n) is 9.89. The highest BCUT2D eigenvalue weighted by Gasteiger charge is 2.13. The summed E-state index contributed by atoms with van der Waals surface area (Å²) in [7, 11) is 1.62. The van der Waals surface area contributed by atoms with Crippen molar-refractivity contribution in [3.63, 3.8) is 0 Å². The molecule has 0 bridgehead atoms. The lowest BCUT2D eigenvalue weighted by Gasteiger charge is -2.08. The van der Waals surface area contributed by atoms with Crippen molar-refractivity contribution < 1.29 is 14.3 Å². The van der Waals surface area contributed by atoms with Crippen molar-refractivity contribution in [2.24, 2.45) is 5.92 Å². The first kappa shape index (κ1) is 22.5. The molecule has 31 heavy (non-hydrogen) atoms. The Morgan fingerprint density at radius 3 is 2.45 bits per heavy atom. The van der Waals surface area contributed by atoms with Crippen molar-refractivity contribution >= 4 is 29.1 Å². The number of ether oxygens (including phenoxy) is 1. The standard InChI is InChI=1S/C22H25N5O3S/c1-15(2)12-21(29)23-18-8-6-17(7-9-18)20(28)14-31-22-24-25-26-27(22)13-16-4-10-19(30-3)11-5-16/h4-11,15H,12-14H2,1-3H3,(H,23,29). The highest BCUT2D eigenvalue weighted by atomic mass is 32.2. The number of thioether (sulfide) groups is 1. The number of carbonyl (C=O) groups excluding carboxylic acids is 2. The molecule has 0 aliphatic heterocycles. The predicted molar refractivity (Wildman–Crippen MR) is 119 cm³/mol. The average molecular weight is 440 g/mol. The number of hydrogen-bond acceptors (Lipinski definition) is 7. The van der Waals surface area contributed by atoms with Gasteiger partial charge in [0.15, 0.2) is 5.78 Å². The number of benzene rings is 2. The van der Waals surface area contributed by atoms with Gasteiger partial charge in [-0.15, -0.1) is 5.10 Å². The van der Waals surface area contributed by atoms with Gasteiger partial charge in [0.05, 0.1) is 19.4 Å². The van der Waals surface area contributed by atoms with Crippen LogP contribution in [0.1, 0.15) is 36.2 Å². The minimum atomic E-state index is -0.0379. The number of anilines is 1. The number of methoxy groups -OCH3 is 1.